The molecule has 0 aliphatic heterocycles. The summed E-state index contributed by atoms with van der Waals surface area (Å²) >= 11 is 1.69. The monoisotopic (exact) mass is 240 g/mol. The van der Waals surface area contributed by atoms with Crippen molar-refractivity contribution in [2.24, 2.45) is 7.05 Å². The Bertz CT molecular complexity index is 428. The SMILES string of the molecule is CSC(C)CNC(=O)c1ccn(C)c(=O)c1. The quantitative estimate of drug-likeness (QED) is 0.849. The van der Waals surface area contributed by atoms with Crippen LogP contribution in [0.25, 0.3) is 0 Å². The number of hydrogen-bond acceptors (Lipinski definition) is 3. The van der Waals surface area contributed by atoms with Crippen molar-refractivity contribution in [1.29, 1.82) is 0 Å². The molecule has 0 aromatic carbocycles. The van der Waals surface area contributed by atoms with Gasteiger partial charge >= 0.3 is 0 Å². The first kappa shape index (κ1) is 12.8. The summed E-state index contributed by atoms with van der Waals surface area (Å²) in [4.78, 5) is 23.0. The molecule has 1 heterocycles. The van der Waals surface area contributed by atoms with Crippen LogP contribution in [0.4, 0.5) is 0 Å². The molecule has 1 unspecified atom stereocenters. The Hall–Kier alpha value is -1.23. The van der Waals surface area contributed by atoms with Crippen LogP contribution in [0.5, 0.6) is 0 Å². The highest BCUT2D eigenvalue weighted by molar-refractivity contribution is 7.99. The molecule has 4 nitrogen and oxygen atoms in total. The number of hydrogen-bond donors (Lipinski definition) is 1. The third-order valence-electron chi connectivity index (χ3n) is 2.32. The molecule has 1 N–H and O–H groups in total. The largest absolute Gasteiger partial charge is 0.351 e. The lowest BCUT2D eigenvalue weighted by molar-refractivity contribution is 0.0954. The molecule has 16 heavy (non-hydrogen) atoms. The van der Waals surface area contributed by atoms with Crippen molar-refractivity contribution in [3.63, 3.8) is 0 Å². The number of nitrogens with one attached hydrogen (secondary N) is 1. The number of nitrogens with zero attached hydrogens (tertiary/aromatic N) is 1. The van der Waals surface area contributed by atoms with Crippen molar-refractivity contribution in [3.05, 3.63) is 34.2 Å². The fourth-order valence-electron chi connectivity index (χ4n) is 1.11. The van der Waals surface area contributed by atoms with Gasteiger partial charge in [0.05, 0.1) is 0 Å². The number of carbonyl (C=O) groups excluding carboxylic acids is 1. The van der Waals surface area contributed by atoms with Crippen LogP contribution in [0.3, 0.4) is 0 Å². The minimum atomic E-state index is -0.196. The van der Waals surface area contributed by atoms with E-state index < -0.39 is 0 Å². The van der Waals surface area contributed by atoms with E-state index in [9.17, 15) is 9.59 Å². The number of amides is 1. The van der Waals surface area contributed by atoms with Crippen LogP contribution in [0, 0.1) is 0 Å². The van der Waals surface area contributed by atoms with Crippen molar-refractivity contribution in [2.75, 3.05) is 12.8 Å². The number of pyridine rings is 1. The Morgan fingerprint density at radius 3 is 2.88 bits per heavy atom. The van der Waals surface area contributed by atoms with Gasteiger partial charge in [-0.2, -0.15) is 11.8 Å². The van der Waals surface area contributed by atoms with Gasteiger partial charge in [0.2, 0.25) is 0 Å². The molecule has 0 aliphatic rings. The average Bonchev–Trinajstić information content (AvgIpc) is 2.29. The molecular formula is C11H16N2O2S. The zero-order valence-electron chi connectivity index (χ0n) is 9.69. The summed E-state index contributed by atoms with van der Waals surface area (Å²) in [5, 5.41) is 3.16. The van der Waals surface area contributed by atoms with Gasteiger partial charge in [0, 0.05) is 36.7 Å². The normalized spacial score (nSPS) is 12.2. The number of rotatable bonds is 4. The van der Waals surface area contributed by atoms with E-state index in [0.29, 0.717) is 17.4 Å². The Morgan fingerprint density at radius 2 is 2.31 bits per heavy atom. The van der Waals surface area contributed by atoms with Crippen LogP contribution in [-0.4, -0.2) is 28.5 Å². The van der Waals surface area contributed by atoms with Crippen molar-refractivity contribution in [1.82, 2.24) is 9.88 Å². The maximum absolute atomic E-state index is 11.7. The molecule has 0 bridgehead atoms. The van der Waals surface area contributed by atoms with Gasteiger partial charge in [0.15, 0.2) is 0 Å². The Balaban J connectivity index is 2.67. The molecule has 1 rings (SSSR count). The van der Waals surface area contributed by atoms with E-state index in [2.05, 4.69) is 5.32 Å². The van der Waals surface area contributed by atoms with E-state index in [1.165, 1.54) is 10.6 Å². The van der Waals surface area contributed by atoms with Gasteiger partial charge in [0.25, 0.3) is 11.5 Å². The molecule has 0 aliphatic carbocycles. The lowest BCUT2D eigenvalue weighted by atomic mass is 10.2. The molecule has 0 saturated heterocycles. The highest BCUT2D eigenvalue weighted by atomic mass is 32.2. The maximum atomic E-state index is 11.7. The van der Waals surface area contributed by atoms with E-state index in [1.807, 2.05) is 13.2 Å². The van der Waals surface area contributed by atoms with Crippen molar-refractivity contribution in [3.8, 4) is 0 Å². The van der Waals surface area contributed by atoms with Gasteiger partial charge in [-0.1, -0.05) is 6.92 Å². The van der Waals surface area contributed by atoms with Gasteiger partial charge in [-0.05, 0) is 12.3 Å². The van der Waals surface area contributed by atoms with Gasteiger partial charge in [-0.15, -0.1) is 0 Å². The first-order valence-corrected chi connectivity index (χ1v) is 6.31. The molecule has 0 fully saturated rings. The van der Waals surface area contributed by atoms with Crippen LogP contribution >= 0.6 is 11.8 Å². The van der Waals surface area contributed by atoms with Gasteiger partial charge in [-0.25, -0.2) is 0 Å². The summed E-state index contributed by atoms with van der Waals surface area (Å²) in [7, 11) is 1.65. The summed E-state index contributed by atoms with van der Waals surface area (Å²) < 4.78 is 1.43. The maximum Gasteiger partial charge on any atom is 0.251 e. The van der Waals surface area contributed by atoms with Gasteiger partial charge < -0.3 is 9.88 Å². The zero-order chi connectivity index (χ0) is 12.1. The van der Waals surface area contributed by atoms with Crippen LogP contribution in [0.1, 0.15) is 17.3 Å². The minimum absolute atomic E-state index is 0.175. The number of aryl methyl sites for hydroxylation is 1. The zero-order valence-corrected chi connectivity index (χ0v) is 10.5. The first-order chi connectivity index (χ1) is 7.54. The molecule has 1 aromatic heterocycles. The summed E-state index contributed by atoms with van der Waals surface area (Å²) in [5.74, 6) is -0.196. The van der Waals surface area contributed by atoms with E-state index in [4.69, 9.17) is 0 Å². The Labute approximate surface area is 99.0 Å². The van der Waals surface area contributed by atoms with E-state index in [1.54, 1.807) is 31.1 Å². The predicted octanol–water partition coefficient (Wildman–Crippen LogP) is 0.867. The number of thioether (sulfide) groups is 1. The highest BCUT2D eigenvalue weighted by Gasteiger charge is 2.07. The molecule has 1 atom stereocenters. The van der Waals surface area contributed by atoms with E-state index in [0.717, 1.165) is 0 Å². The highest BCUT2D eigenvalue weighted by Crippen LogP contribution is 2.03. The molecule has 88 valence electrons. The van der Waals surface area contributed by atoms with Crippen LogP contribution in [-0.2, 0) is 7.05 Å². The van der Waals surface area contributed by atoms with Gasteiger partial charge in [-0.3, -0.25) is 9.59 Å². The Kier molecular flexibility index (Phi) is 4.61. The molecule has 0 radical (unpaired) electrons. The average molecular weight is 240 g/mol. The predicted molar refractivity (Wildman–Crippen MR) is 67.0 cm³/mol. The molecule has 1 aromatic rings. The third kappa shape index (κ3) is 3.41. The number of aromatic nitrogens is 1. The van der Waals surface area contributed by atoms with Gasteiger partial charge in [0.1, 0.15) is 0 Å². The summed E-state index contributed by atoms with van der Waals surface area (Å²) in [6.07, 6.45) is 3.59. The standard InChI is InChI=1S/C11H16N2O2S/c1-8(16-3)7-12-11(15)9-4-5-13(2)10(14)6-9/h4-6,8H,7H2,1-3H3,(H,12,15). The summed E-state index contributed by atoms with van der Waals surface area (Å²) in [5.41, 5.74) is 0.238. The second-order valence-corrected chi connectivity index (χ2v) is 4.90. The van der Waals surface area contributed by atoms with Crippen LogP contribution < -0.4 is 10.9 Å². The van der Waals surface area contributed by atoms with Crippen molar-refractivity contribution >= 4 is 17.7 Å². The Morgan fingerprint density at radius 1 is 1.62 bits per heavy atom. The fourth-order valence-corrected chi connectivity index (χ4v) is 1.36. The molecule has 0 spiro atoms. The van der Waals surface area contributed by atoms with Crippen molar-refractivity contribution in [2.45, 2.75) is 12.2 Å². The minimum Gasteiger partial charge on any atom is -0.351 e. The van der Waals surface area contributed by atoms with E-state index >= 15 is 0 Å². The van der Waals surface area contributed by atoms with E-state index in [-0.39, 0.29) is 11.5 Å². The van der Waals surface area contributed by atoms with Crippen molar-refractivity contribution < 1.29 is 4.79 Å². The van der Waals surface area contributed by atoms with Crippen LogP contribution in [0.2, 0.25) is 0 Å². The smallest absolute Gasteiger partial charge is 0.251 e. The fraction of sp³-hybridized carbons (Fsp3) is 0.455. The second-order valence-electron chi connectivity index (χ2n) is 3.62. The second kappa shape index (κ2) is 5.75. The molecular weight excluding hydrogens is 224 g/mol. The summed E-state index contributed by atoms with van der Waals surface area (Å²) in [6, 6.07) is 2.99. The summed E-state index contributed by atoms with van der Waals surface area (Å²) in [6.45, 7) is 2.64. The number of carbonyl (C=O) groups is 1. The molecule has 0 saturated carbocycles. The molecule has 1 amide bonds. The topological polar surface area (TPSA) is 51.1 Å². The third-order valence-corrected chi connectivity index (χ3v) is 3.29. The van der Waals surface area contributed by atoms with Crippen LogP contribution in [0.15, 0.2) is 23.1 Å². The lowest BCUT2D eigenvalue weighted by Crippen LogP contribution is -2.30. The first-order valence-electron chi connectivity index (χ1n) is 5.02. The lowest BCUT2D eigenvalue weighted by Gasteiger charge is -2.09. The molecule has 5 heteroatoms.